The Morgan fingerprint density at radius 1 is 1.83 bits per heavy atom. The molecule has 0 amide bonds. The molecule has 1 atom stereocenters. The lowest BCUT2D eigenvalue weighted by molar-refractivity contribution is 0.0580. The van der Waals surface area contributed by atoms with E-state index in [9.17, 15) is 0 Å². The van der Waals surface area contributed by atoms with Gasteiger partial charge in [-0.05, 0) is 0 Å². The summed E-state index contributed by atoms with van der Waals surface area (Å²) in [6.07, 6.45) is 0.976. The van der Waals surface area contributed by atoms with Crippen LogP contribution in [-0.4, -0.2) is 23.3 Å². The first-order valence-corrected chi connectivity index (χ1v) is 4.28. The van der Waals surface area contributed by atoms with Gasteiger partial charge in [0, 0.05) is 11.6 Å². The molecule has 0 aliphatic carbocycles. The second-order valence-electron chi connectivity index (χ2n) is 1.97. The molecule has 1 rings (SSSR count). The lowest BCUT2D eigenvalue weighted by atomic mass is 10.4. The highest BCUT2D eigenvalue weighted by Gasteiger charge is 2.12. The van der Waals surface area contributed by atoms with E-state index in [1.165, 1.54) is 11.3 Å². The Morgan fingerprint density at radius 2 is 2.67 bits per heavy atom. The second-order valence-corrected chi connectivity index (χ2v) is 2.90. The van der Waals surface area contributed by atoms with Gasteiger partial charge >= 0.3 is 0 Å². The van der Waals surface area contributed by atoms with Crippen molar-refractivity contribution in [3.05, 3.63) is 16.6 Å². The number of ether oxygens (including phenoxy) is 1. The molecule has 0 saturated heterocycles. The normalized spacial score (nSPS) is 12.3. The third-order valence-corrected chi connectivity index (χ3v) is 1.99. The van der Waals surface area contributed by atoms with Gasteiger partial charge in [0.05, 0.1) is 13.2 Å². The highest BCUT2D eigenvalue weighted by molar-refractivity contribution is 7.09. The van der Waals surface area contributed by atoms with E-state index >= 15 is 0 Å². The quantitative estimate of drug-likeness (QED) is 0.748. The van der Waals surface area contributed by atoms with Crippen LogP contribution in [0.25, 0.3) is 0 Å². The molecule has 4 nitrogen and oxygen atoms in total. The zero-order valence-corrected chi connectivity index (χ0v) is 7.12. The first kappa shape index (κ1) is 9.13. The van der Waals surface area contributed by atoms with Gasteiger partial charge in [-0.3, -0.25) is 0 Å². The SMILES string of the molecule is N#CC(OCCO)c1nccs1. The zero-order valence-electron chi connectivity index (χ0n) is 6.30. The number of aliphatic hydroxyl groups excluding tert-OH is 1. The summed E-state index contributed by atoms with van der Waals surface area (Å²) >= 11 is 1.37. The Hall–Kier alpha value is -0.960. The van der Waals surface area contributed by atoms with Gasteiger partial charge in [0.15, 0.2) is 6.10 Å². The number of hydrogen-bond acceptors (Lipinski definition) is 5. The molecule has 0 aliphatic rings. The molecule has 64 valence electrons. The third-order valence-electron chi connectivity index (χ3n) is 1.17. The zero-order chi connectivity index (χ0) is 8.81. The number of aromatic nitrogens is 1. The summed E-state index contributed by atoms with van der Waals surface area (Å²) in [5.41, 5.74) is 0. The Balaban J connectivity index is 2.53. The van der Waals surface area contributed by atoms with Crippen LogP contribution in [0.2, 0.25) is 0 Å². The van der Waals surface area contributed by atoms with E-state index in [2.05, 4.69) is 4.98 Å². The summed E-state index contributed by atoms with van der Waals surface area (Å²) in [6, 6.07) is 1.95. The lowest BCUT2D eigenvalue weighted by Gasteiger charge is -2.04. The maximum absolute atomic E-state index is 8.63. The highest BCUT2D eigenvalue weighted by Crippen LogP contribution is 2.18. The van der Waals surface area contributed by atoms with Crippen molar-refractivity contribution in [1.29, 1.82) is 5.26 Å². The number of thiazole rings is 1. The van der Waals surface area contributed by atoms with E-state index < -0.39 is 6.10 Å². The topological polar surface area (TPSA) is 66.1 Å². The molecule has 12 heavy (non-hydrogen) atoms. The van der Waals surface area contributed by atoms with E-state index in [0.717, 1.165) is 0 Å². The Kier molecular flexibility index (Phi) is 3.67. The molecule has 1 N–H and O–H groups in total. The van der Waals surface area contributed by atoms with E-state index in [1.54, 1.807) is 11.6 Å². The summed E-state index contributed by atoms with van der Waals surface area (Å²) in [4.78, 5) is 3.93. The van der Waals surface area contributed by atoms with Crippen molar-refractivity contribution in [3.8, 4) is 6.07 Å². The fraction of sp³-hybridized carbons (Fsp3) is 0.429. The van der Waals surface area contributed by atoms with Gasteiger partial charge in [-0.15, -0.1) is 11.3 Å². The van der Waals surface area contributed by atoms with E-state index in [-0.39, 0.29) is 13.2 Å². The summed E-state index contributed by atoms with van der Waals surface area (Å²) in [6.45, 7) is 0.0847. The van der Waals surface area contributed by atoms with Crippen LogP contribution in [0, 0.1) is 11.3 Å². The van der Waals surface area contributed by atoms with Crippen LogP contribution in [0.5, 0.6) is 0 Å². The van der Waals surface area contributed by atoms with Gasteiger partial charge in [0.25, 0.3) is 0 Å². The highest BCUT2D eigenvalue weighted by atomic mass is 32.1. The predicted molar refractivity (Wildman–Crippen MR) is 43.5 cm³/mol. The minimum absolute atomic E-state index is 0.0798. The van der Waals surface area contributed by atoms with Crippen LogP contribution >= 0.6 is 11.3 Å². The Labute approximate surface area is 74.1 Å². The van der Waals surface area contributed by atoms with Crippen molar-refractivity contribution in [2.24, 2.45) is 0 Å². The summed E-state index contributed by atoms with van der Waals surface area (Å²) < 4.78 is 5.02. The number of rotatable bonds is 4. The van der Waals surface area contributed by atoms with Gasteiger partial charge < -0.3 is 9.84 Å². The van der Waals surface area contributed by atoms with Crippen molar-refractivity contribution in [3.63, 3.8) is 0 Å². The van der Waals surface area contributed by atoms with Gasteiger partial charge in [0.2, 0.25) is 0 Å². The molecule has 1 aromatic rings. The van der Waals surface area contributed by atoms with Crippen LogP contribution in [0.15, 0.2) is 11.6 Å². The molecule has 0 spiro atoms. The van der Waals surface area contributed by atoms with Crippen molar-refractivity contribution in [2.45, 2.75) is 6.10 Å². The average Bonchev–Trinajstić information content (AvgIpc) is 2.59. The summed E-state index contributed by atoms with van der Waals surface area (Å²) in [5.74, 6) is 0. The van der Waals surface area contributed by atoms with Gasteiger partial charge in [-0.25, -0.2) is 4.98 Å². The summed E-state index contributed by atoms with van der Waals surface area (Å²) in [5, 5.41) is 19.5. The monoisotopic (exact) mass is 184 g/mol. The molecular weight excluding hydrogens is 176 g/mol. The van der Waals surface area contributed by atoms with E-state index in [1.807, 2.05) is 6.07 Å². The second kappa shape index (κ2) is 4.83. The Morgan fingerprint density at radius 3 is 3.17 bits per heavy atom. The van der Waals surface area contributed by atoms with Crippen LogP contribution in [0.4, 0.5) is 0 Å². The van der Waals surface area contributed by atoms with E-state index in [0.29, 0.717) is 5.01 Å². The van der Waals surface area contributed by atoms with Gasteiger partial charge in [0.1, 0.15) is 11.1 Å². The fourth-order valence-electron chi connectivity index (χ4n) is 0.698. The Bertz CT molecular complexity index is 255. The first-order chi connectivity index (χ1) is 5.88. The maximum Gasteiger partial charge on any atom is 0.195 e. The van der Waals surface area contributed by atoms with Crippen molar-refractivity contribution in [2.75, 3.05) is 13.2 Å². The minimum Gasteiger partial charge on any atom is -0.394 e. The molecular formula is C7H8N2O2S. The molecule has 0 bridgehead atoms. The first-order valence-electron chi connectivity index (χ1n) is 3.40. The molecule has 1 aromatic heterocycles. The third kappa shape index (κ3) is 2.27. The predicted octanol–water partition coefficient (Wildman–Crippen LogP) is 0.717. The minimum atomic E-state index is -0.642. The van der Waals surface area contributed by atoms with Crippen LogP contribution in [0.3, 0.4) is 0 Å². The van der Waals surface area contributed by atoms with Crippen molar-refractivity contribution < 1.29 is 9.84 Å². The summed E-state index contributed by atoms with van der Waals surface area (Å²) in [7, 11) is 0. The smallest absolute Gasteiger partial charge is 0.195 e. The fourth-order valence-corrected chi connectivity index (χ4v) is 1.33. The lowest BCUT2D eigenvalue weighted by Crippen LogP contribution is -2.05. The largest absolute Gasteiger partial charge is 0.394 e. The molecule has 5 heteroatoms. The van der Waals surface area contributed by atoms with Crippen LogP contribution < -0.4 is 0 Å². The van der Waals surface area contributed by atoms with Crippen LogP contribution in [-0.2, 0) is 4.74 Å². The number of aliphatic hydroxyl groups is 1. The molecule has 1 unspecified atom stereocenters. The molecule has 0 fully saturated rings. The average molecular weight is 184 g/mol. The molecule has 0 saturated carbocycles. The molecule has 0 aliphatic heterocycles. The van der Waals surface area contributed by atoms with E-state index in [4.69, 9.17) is 15.1 Å². The van der Waals surface area contributed by atoms with Crippen LogP contribution in [0.1, 0.15) is 11.1 Å². The van der Waals surface area contributed by atoms with Gasteiger partial charge in [-0.2, -0.15) is 5.26 Å². The van der Waals surface area contributed by atoms with Crippen molar-refractivity contribution >= 4 is 11.3 Å². The standard InChI is InChI=1S/C7H8N2O2S/c8-5-6(11-3-2-10)7-9-1-4-12-7/h1,4,6,10H,2-3H2. The molecule has 0 aromatic carbocycles. The number of nitriles is 1. The molecule has 0 radical (unpaired) electrons. The maximum atomic E-state index is 8.63. The number of nitrogens with zero attached hydrogens (tertiary/aromatic N) is 2. The van der Waals surface area contributed by atoms with Gasteiger partial charge in [-0.1, -0.05) is 0 Å². The van der Waals surface area contributed by atoms with Crippen molar-refractivity contribution in [1.82, 2.24) is 4.98 Å². The number of hydrogen-bond donors (Lipinski definition) is 1. The molecule has 1 heterocycles.